The summed E-state index contributed by atoms with van der Waals surface area (Å²) in [7, 11) is 0. The summed E-state index contributed by atoms with van der Waals surface area (Å²) >= 11 is 0. The lowest BCUT2D eigenvalue weighted by molar-refractivity contribution is 0.477. The van der Waals surface area contributed by atoms with E-state index in [1.165, 1.54) is 5.56 Å². The van der Waals surface area contributed by atoms with E-state index in [-0.39, 0.29) is 5.75 Å². The molecule has 0 saturated heterocycles. The Balaban J connectivity index is 1.29. The molecule has 4 nitrogen and oxygen atoms in total. The summed E-state index contributed by atoms with van der Waals surface area (Å²) in [6.07, 6.45) is 1.89. The minimum Gasteiger partial charge on any atom is -0.507 e. The van der Waals surface area contributed by atoms with E-state index in [0.717, 1.165) is 78.0 Å². The fourth-order valence-corrected chi connectivity index (χ4v) is 7.51. The molecular weight excluding hydrogens is 683 g/mol. The minimum absolute atomic E-state index is 0.142. The van der Waals surface area contributed by atoms with Gasteiger partial charge in [0.1, 0.15) is 11.6 Å². The van der Waals surface area contributed by atoms with Gasteiger partial charge in [0.2, 0.25) is 0 Å². The number of rotatable bonds is 8. The Morgan fingerprint density at radius 3 is 1.88 bits per heavy atom. The van der Waals surface area contributed by atoms with Gasteiger partial charge >= 0.3 is 0 Å². The van der Waals surface area contributed by atoms with Crippen LogP contribution in [0.15, 0.2) is 182 Å². The normalized spacial score (nSPS) is 11.8. The smallest absolute Gasteiger partial charge is 0.149 e. The molecule has 2 heterocycles. The van der Waals surface area contributed by atoms with Crippen LogP contribution in [0.2, 0.25) is 0 Å². The first-order valence-electron chi connectivity index (χ1n) is 19.5. The van der Waals surface area contributed by atoms with E-state index in [9.17, 15) is 5.11 Å². The third kappa shape index (κ3) is 6.67. The van der Waals surface area contributed by atoms with Gasteiger partial charge in [0.15, 0.2) is 0 Å². The number of hydrogen-bond acceptors (Lipinski definition) is 3. The zero-order valence-electron chi connectivity index (χ0n) is 32.6. The molecule has 0 fully saturated rings. The highest BCUT2D eigenvalue weighted by molar-refractivity contribution is 5.97. The van der Waals surface area contributed by atoms with Crippen LogP contribution in [-0.4, -0.2) is 19.6 Å². The zero-order chi connectivity index (χ0) is 39.1. The van der Waals surface area contributed by atoms with E-state index in [0.29, 0.717) is 11.4 Å². The number of imidazole rings is 1. The molecule has 0 atom stereocenters. The average molecular weight is 725 g/mol. The Hall–Kier alpha value is -7.04. The predicted molar refractivity (Wildman–Crippen MR) is 232 cm³/mol. The van der Waals surface area contributed by atoms with Crippen LogP contribution in [0.3, 0.4) is 0 Å². The van der Waals surface area contributed by atoms with Gasteiger partial charge in [-0.05, 0) is 118 Å². The molecule has 4 heteroatoms. The fourth-order valence-electron chi connectivity index (χ4n) is 7.51. The molecule has 9 aromatic rings. The fraction of sp³-hybridized carbons (Fsp3) is 0.0769. The second-order valence-electron chi connectivity index (χ2n) is 14.6. The van der Waals surface area contributed by atoms with E-state index >= 15 is 0 Å². The number of hydrogen-bond donors (Lipinski definition) is 1. The van der Waals surface area contributed by atoms with Gasteiger partial charge in [-0.2, -0.15) is 0 Å². The number of aryl methyl sites for hydroxylation is 1. The second kappa shape index (κ2) is 14.7. The Bertz CT molecular complexity index is 2890. The van der Waals surface area contributed by atoms with Gasteiger partial charge in [-0.1, -0.05) is 135 Å². The highest BCUT2D eigenvalue weighted by atomic mass is 16.3. The van der Waals surface area contributed by atoms with Crippen LogP contribution in [0.1, 0.15) is 32.2 Å². The number of pyridine rings is 1. The van der Waals surface area contributed by atoms with Crippen molar-refractivity contribution in [2.24, 2.45) is 0 Å². The molecule has 56 heavy (non-hydrogen) atoms. The van der Waals surface area contributed by atoms with Crippen molar-refractivity contribution < 1.29 is 6.48 Å². The molecule has 1 N–H and O–H groups in total. The van der Waals surface area contributed by atoms with Crippen molar-refractivity contribution in [2.45, 2.75) is 26.7 Å². The van der Waals surface area contributed by atoms with E-state index in [1.807, 2.05) is 62.5 Å². The molecule has 0 bridgehead atoms. The molecule has 0 unspecified atom stereocenters. The SMILES string of the molecule is [2H]C(C)(C)c1cc(-c2ccccc2)cc(-n2c(-c3ccccc3O)nc3c(-c4cc(-c5ccccc5)cc(-c5cc(-c6ccc(C)cc6)ccn5)c4)cccc32)c1. The number of fused-ring (bicyclic) bond motifs is 1. The summed E-state index contributed by atoms with van der Waals surface area (Å²) in [6.45, 7) is 5.93. The summed E-state index contributed by atoms with van der Waals surface area (Å²) in [4.78, 5) is 10.3. The van der Waals surface area contributed by atoms with Gasteiger partial charge in [-0.25, -0.2) is 4.98 Å². The molecule has 9 rings (SSSR count). The lowest BCUT2D eigenvalue weighted by Gasteiger charge is -2.16. The number of aromatic hydroxyl groups is 1. The van der Waals surface area contributed by atoms with Crippen molar-refractivity contribution in [3.63, 3.8) is 0 Å². The molecule has 7 aromatic carbocycles. The van der Waals surface area contributed by atoms with Gasteiger partial charge < -0.3 is 5.11 Å². The topological polar surface area (TPSA) is 50.9 Å². The van der Waals surface area contributed by atoms with Crippen molar-refractivity contribution in [3.8, 4) is 78.6 Å². The largest absolute Gasteiger partial charge is 0.507 e. The van der Waals surface area contributed by atoms with Crippen LogP contribution in [0.25, 0.3) is 83.9 Å². The maximum atomic E-state index is 11.3. The first-order chi connectivity index (χ1) is 27.7. The van der Waals surface area contributed by atoms with Crippen LogP contribution in [0.4, 0.5) is 0 Å². The van der Waals surface area contributed by atoms with E-state index in [4.69, 9.17) is 11.3 Å². The third-order valence-electron chi connectivity index (χ3n) is 10.5. The van der Waals surface area contributed by atoms with Gasteiger partial charge in [-0.3, -0.25) is 9.55 Å². The van der Waals surface area contributed by atoms with Crippen molar-refractivity contribution in [2.75, 3.05) is 0 Å². The Labute approximate surface area is 329 Å². The molecule has 0 spiro atoms. The summed E-state index contributed by atoms with van der Waals surface area (Å²) in [5, 5.41) is 11.3. The molecule has 0 aliphatic heterocycles. The summed E-state index contributed by atoms with van der Waals surface area (Å²) in [5.41, 5.74) is 15.6. The first-order valence-corrected chi connectivity index (χ1v) is 19.0. The molecule has 270 valence electrons. The quantitative estimate of drug-likeness (QED) is 0.170. The number of phenolic OH excluding ortho intramolecular Hbond substituents is 1. The standard InChI is InChI=1S/C52H41N3O/c1-34(2)40-27-42(37-15-8-5-9-16-37)32-45(31-40)55-49-19-12-18-46(51(49)54-52(55)47-17-10-11-20-50(47)56)43-28-41(36-13-6-4-7-14-36)29-44(30-43)48-33-39(25-26-53-48)38-23-21-35(3)22-24-38/h4-34,56H,1-3H3/i34D. The van der Waals surface area contributed by atoms with Crippen LogP contribution in [0.5, 0.6) is 5.75 Å². The molecular formula is C52H41N3O. The van der Waals surface area contributed by atoms with Crippen LogP contribution in [0, 0.1) is 6.92 Å². The predicted octanol–water partition coefficient (Wildman–Crippen LogP) is 13.6. The highest BCUT2D eigenvalue weighted by Crippen LogP contribution is 2.41. The van der Waals surface area contributed by atoms with Crippen molar-refractivity contribution in [1.29, 1.82) is 0 Å². The number of phenols is 1. The summed E-state index contributed by atoms with van der Waals surface area (Å²) in [6, 6.07) is 60.1. The summed E-state index contributed by atoms with van der Waals surface area (Å²) in [5.74, 6) is -0.111. The Kier molecular flexibility index (Phi) is 8.77. The van der Waals surface area contributed by atoms with Crippen LogP contribution in [-0.2, 0) is 0 Å². The van der Waals surface area contributed by atoms with E-state index in [2.05, 4.69) is 139 Å². The van der Waals surface area contributed by atoms with Gasteiger partial charge in [0, 0.05) is 24.4 Å². The maximum absolute atomic E-state index is 11.3. The molecule has 2 aromatic heterocycles. The van der Waals surface area contributed by atoms with Crippen molar-refractivity contribution >= 4 is 11.0 Å². The van der Waals surface area contributed by atoms with Crippen LogP contribution >= 0.6 is 0 Å². The monoisotopic (exact) mass is 724 g/mol. The average Bonchev–Trinajstić information content (AvgIpc) is 3.64. The Morgan fingerprint density at radius 1 is 0.536 bits per heavy atom. The van der Waals surface area contributed by atoms with Gasteiger partial charge in [0.25, 0.3) is 0 Å². The van der Waals surface area contributed by atoms with Crippen molar-refractivity contribution in [1.82, 2.24) is 14.5 Å². The van der Waals surface area contributed by atoms with Gasteiger partial charge in [0.05, 0.1) is 22.3 Å². The zero-order valence-corrected chi connectivity index (χ0v) is 31.6. The Morgan fingerprint density at radius 2 is 1.16 bits per heavy atom. The molecule has 0 aliphatic carbocycles. The lowest BCUT2D eigenvalue weighted by Crippen LogP contribution is -2.01. The van der Waals surface area contributed by atoms with Crippen LogP contribution < -0.4 is 0 Å². The van der Waals surface area contributed by atoms with E-state index < -0.39 is 5.89 Å². The highest BCUT2D eigenvalue weighted by Gasteiger charge is 2.21. The molecule has 0 amide bonds. The molecule has 0 aliphatic rings. The molecule has 0 radical (unpaired) electrons. The number of aromatic nitrogens is 3. The second-order valence-corrected chi connectivity index (χ2v) is 14.6. The summed E-state index contributed by atoms with van der Waals surface area (Å²) < 4.78 is 11.2. The third-order valence-corrected chi connectivity index (χ3v) is 10.5. The maximum Gasteiger partial charge on any atom is 0.149 e. The number of nitrogens with zero attached hydrogens (tertiary/aromatic N) is 3. The lowest BCUT2D eigenvalue weighted by atomic mass is 9.93. The first kappa shape index (κ1) is 33.5. The van der Waals surface area contributed by atoms with E-state index in [1.54, 1.807) is 6.07 Å². The number of benzene rings is 7. The number of para-hydroxylation sites is 2. The minimum atomic E-state index is -0.866. The molecule has 0 saturated carbocycles. The van der Waals surface area contributed by atoms with Crippen molar-refractivity contribution in [3.05, 3.63) is 193 Å². The van der Waals surface area contributed by atoms with Gasteiger partial charge in [-0.15, -0.1) is 0 Å².